The number of halogens is 3. The van der Waals surface area contributed by atoms with Gasteiger partial charge in [-0.3, -0.25) is 4.79 Å². The lowest BCUT2D eigenvalue weighted by Crippen LogP contribution is -2.58. The molecule has 0 aliphatic carbocycles. The van der Waals surface area contributed by atoms with Crippen LogP contribution >= 0.6 is 0 Å². The summed E-state index contributed by atoms with van der Waals surface area (Å²) in [5.41, 5.74) is -1.02. The van der Waals surface area contributed by atoms with Crippen LogP contribution in [0.1, 0.15) is 5.69 Å². The van der Waals surface area contributed by atoms with Crippen molar-refractivity contribution in [1.29, 1.82) is 0 Å². The van der Waals surface area contributed by atoms with Gasteiger partial charge in [0.05, 0.1) is 0 Å². The fourth-order valence-corrected chi connectivity index (χ4v) is 1.99. The molecule has 0 spiro atoms. The van der Waals surface area contributed by atoms with Gasteiger partial charge in [-0.2, -0.15) is 13.2 Å². The van der Waals surface area contributed by atoms with Gasteiger partial charge in [0.1, 0.15) is 11.7 Å². The monoisotopic (exact) mass is 289 g/mol. The highest BCUT2D eigenvalue weighted by Gasteiger charge is 2.35. The molecule has 6 nitrogen and oxygen atoms in total. The van der Waals surface area contributed by atoms with Gasteiger partial charge in [0.2, 0.25) is 11.9 Å². The molecule has 0 radical (unpaired) electrons. The third-order valence-electron chi connectivity index (χ3n) is 2.98. The molecule has 1 unspecified atom stereocenters. The standard InChI is InChI=1S/C11H14F3N5O/c1-15-9(20)7-6-16-4-5-19(7)10-17-3-2-8(18-10)11(12,13)14/h2-3,7,16H,4-6H2,1H3,(H,15,20). The minimum absolute atomic E-state index is 0.0880. The first kappa shape index (κ1) is 14.5. The second kappa shape index (κ2) is 5.61. The molecule has 1 aliphatic heterocycles. The minimum atomic E-state index is -4.53. The van der Waals surface area contributed by atoms with E-state index >= 15 is 0 Å². The van der Waals surface area contributed by atoms with E-state index in [0.29, 0.717) is 19.6 Å². The number of amides is 1. The maximum atomic E-state index is 12.7. The van der Waals surface area contributed by atoms with Crippen LogP contribution in [0, 0.1) is 0 Å². The van der Waals surface area contributed by atoms with Crippen molar-refractivity contribution in [2.24, 2.45) is 0 Å². The number of aromatic nitrogens is 2. The molecular weight excluding hydrogens is 275 g/mol. The molecule has 2 rings (SSSR count). The maximum Gasteiger partial charge on any atom is 0.433 e. The fourth-order valence-electron chi connectivity index (χ4n) is 1.99. The van der Waals surface area contributed by atoms with Gasteiger partial charge in [0.25, 0.3) is 0 Å². The van der Waals surface area contributed by atoms with Crippen molar-refractivity contribution in [1.82, 2.24) is 20.6 Å². The summed E-state index contributed by atoms with van der Waals surface area (Å²) in [4.78, 5) is 20.6. The van der Waals surface area contributed by atoms with E-state index < -0.39 is 17.9 Å². The Labute approximate surface area is 113 Å². The van der Waals surface area contributed by atoms with E-state index in [0.717, 1.165) is 12.3 Å². The summed E-state index contributed by atoms with van der Waals surface area (Å²) in [5.74, 6) is -0.381. The second-order valence-electron chi connectivity index (χ2n) is 4.27. The molecule has 1 atom stereocenters. The highest BCUT2D eigenvalue weighted by atomic mass is 19.4. The Morgan fingerprint density at radius 2 is 2.30 bits per heavy atom. The topological polar surface area (TPSA) is 70.2 Å². The molecule has 0 aromatic carbocycles. The van der Waals surface area contributed by atoms with Crippen LogP contribution in [0.5, 0.6) is 0 Å². The molecule has 2 N–H and O–H groups in total. The molecule has 1 aromatic rings. The largest absolute Gasteiger partial charge is 0.433 e. The van der Waals surface area contributed by atoms with Crippen LogP contribution in [0.2, 0.25) is 0 Å². The number of hydrogen-bond donors (Lipinski definition) is 2. The van der Waals surface area contributed by atoms with Gasteiger partial charge in [0, 0.05) is 32.9 Å². The van der Waals surface area contributed by atoms with Crippen LogP contribution in [-0.2, 0) is 11.0 Å². The van der Waals surface area contributed by atoms with Crippen molar-refractivity contribution in [2.45, 2.75) is 12.2 Å². The number of alkyl halides is 3. The zero-order chi connectivity index (χ0) is 14.8. The summed E-state index contributed by atoms with van der Waals surface area (Å²) >= 11 is 0. The van der Waals surface area contributed by atoms with E-state index in [1.807, 2.05) is 0 Å². The molecule has 1 aliphatic rings. The van der Waals surface area contributed by atoms with Crippen molar-refractivity contribution in [3.63, 3.8) is 0 Å². The van der Waals surface area contributed by atoms with Gasteiger partial charge in [-0.25, -0.2) is 9.97 Å². The Bertz CT molecular complexity index is 493. The van der Waals surface area contributed by atoms with E-state index in [1.54, 1.807) is 0 Å². The number of anilines is 1. The second-order valence-corrected chi connectivity index (χ2v) is 4.27. The molecule has 0 bridgehead atoms. The first-order chi connectivity index (χ1) is 9.43. The SMILES string of the molecule is CNC(=O)C1CNCCN1c1nccc(C(F)(F)F)n1. The average molecular weight is 289 g/mol. The Balaban J connectivity index is 2.30. The number of piperazine rings is 1. The summed E-state index contributed by atoms with van der Waals surface area (Å²) in [6.45, 7) is 1.24. The third kappa shape index (κ3) is 2.98. The molecule has 9 heteroatoms. The zero-order valence-corrected chi connectivity index (χ0v) is 10.7. The molecule has 20 heavy (non-hydrogen) atoms. The lowest BCUT2D eigenvalue weighted by molar-refractivity contribution is -0.141. The van der Waals surface area contributed by atoms with Crippen LogP contribution in [-0.4, -0.2) is 48.6 Å². The van der Waals surface area contributed by atoms with E-state index in [1.165, 1.54) is 11.9 Å². The smallest absolute Gasteiger partial charge is 0.357 e. The lowest BCUT2D eigenvalue weighted by atomic mass is 10.2. The summed E-state index contributed by atoms with van der Waals surface area (Å²) in [6, 6.07) is 0.179. The molecular formula is C11H14F3N5O. The molecule has 0 saturated carbocycles. The Kier molecular flexibility index (Phi) is 4.07. The van der Waals surface area contributed by atoms with Crippen LogP contribution in [0.25, 0.3) is 0 Å². The first-order valence-electron chi connectivity index (χ1n) is 6.02. The minimum Gasteiger partial charge on any atom is -0.357 e. The highest BCUT2D eigenvalue weighted by Crippen LogP contribution is 2.28. The number of nitrogens with one attached hydrogen (secondary N) is 2. The summed E-state index contributed by atoms with van der Waals surface area (Å²) in [6.07, 6.45) is -3.48. The van der Waals surface area contributed by atoms with Crippen LogP contribution < -0.4 is 15.5 Å². The molecule has 1 fully saturated rings. The lowest BCUT2D eigenvalue weighted by Gasteiger charge is -2.34. The van der Waals surface area contributed by atoms with Crippen molar-refractivity contribution in [3.8, 4) is 0 Å². The molecule has 1 amide bonds. The quantitative estimate of drug-likeness (QED) is 0.803. The predicted octanol–water partition coefficient (Wildman–Crippen LogP) is 0.0196. The van der Waals surface area contributed by atoms with Crippen molar-refractivity contribution < 1.29 is 18.0 Å². The van der Waals surface area contributed by atoms with Crippen LogP contribution in [0.4, 0.5) is 19.1 Å². The average Bonchev–Trinajstić information content (AvgIpc) is 2.45. The van der Waals surface area contributed by atoms with Crippen molar-refractivity contribution >= 4 is 11.9 Å². The number of hydrogen-bond acceptors (Lipinski definition) is 5. The van der Waals surface area contributed by atoms with Gasteiger partial charge >= 0.3 is 6.18 Å². The summed E-state index contributed by atoms with van der Waals surface area (Å²) in [7, 11) is 1.47. The molecule has 1 saturated heterocycles. The third-order valence-corrected chi connectivity index (χ3v) is 2.98. The van der Waals surface area contributed by atoms with E-state index in [2.05, 4.69) is 20.6 Å². The normalized spacial score (nSPS) is 19.8. The predicted molar refractivity (Wildman–Crippen MR) is 65.1 cm³/mol. The van der Waals surface area contributed by atoms with Crippen LogP contribution in [0.15, 0.2) is 12.3 Å². The van der Waals surface area contributed by atoms with Gasteiger partial charge in [-0.15, -0.1) is 0 Å². The zero-order valence-electron chi connectivity index (χ0n) is 10.7. The first-order valence-corrected chi connectivity index (χ1v) is 6.02. The Morgan fingerprint density at radius 1 is 1.55 bits per heavy atom. The van der Waals surface area contributed by atoms with Gasteiger partial charge in [-0.05, 0) is 6.07 Å². The maximum absolute atomic E-state index is 12.7. The summed E-state index contributed by atoms with van der Waals surface area (Å²) < 4.78 is 38.0. The molecule has 1 aromatic heterocycles. The van der Waals surface area contributed by atoms with Crippen molar-refractivity contribution in [3.05, 3.63) is 18.0 Å². The summed E-state index contributed by atoms with van der Waals surface area (Å²) in [5, 5.41) is 5.50. The van der Waals surface area contributed by atoms with Gasteiger partial charge < -0.3 is 15.5 Å². The van der Waals surface area contributed by atoms with Gasteiger partial charge in [0.15, 0.2) is 0 Å². The Morgan fingerprint density at radius 3 is 2.95 bits per heavy atom. The number of carbonyl (C=O) groups excluding carboxylic acids is 1. The van der Waals surface area contributed by atoms with Gasteiger partial charge in [-0.1, -0.05) is 0 Å². The van der Waals surface area contributed by atoms with Crippen LogP contribution in [0.3, 0.4) is 0 Å². The van der Waals surface area contributed by atoms with Crippen molar-refractivity contribution in [2.75, 3.05) is 31.6 Å². The molecule has 2 heterocycles. The number of likely N-dealkylation sites (N-methyl/N-ethyl adjacent to an activating group) is 1. The molecule has 110 valence electrons. The number of carbonyl (C=O) groups is 1. The number of nitrogens with zero attached hydrogens (tertiary/aromatic N) is 3. The van der Waals surface area contributed by atoms with E-state index in [9.17, 15) is 18.0 Å². The number of rotatable bonds is 2. The fraction of sp³-hybridized carbons (Fsp3) is 0.545. The Hall–Kier alpha value is -1.90. The van der Waals surface area contributed by atoms with E-state index in [-0.39, 0.29) is 11.9 Å². The highest BCUT2D eigenvalue weighted by molar-refractivity contribution is 5.85. The van der Waals surface area contributed by atoms with E-state index in [4.69, 9.17) is 0 Å².